The number of nitrogens with one attached hydrogen (secondary N) is 1. The summed E-state index contributed by atoms with van der Waals surface area (Å²) >= 11 is 0. The van der Waals surface area contributed by atoms with Crippen LogP contribution in [0.25, 0.3) is 0 Å². The van der Waals surface area contributed by atoms with E-state index in [0.717, 1.165) is 31.0 Å². The molecule has 0 saturated heterocycles. The minimum absolute atomic E-state index is 0.376. The van der Waals surface area contributed by atoms with E-state index in [4.69, 9.17) is 5.11 Å². The number of anilines is 2. The Labute approximate surface area is 88.5 Å². The molecule has 0 fully saturated rings. The first-order valence-electron chi connectivity index (χ1n) is 5.09. The van der Waals surface area contributed by atoms with Gasteiger partial charge in [-0.15, -0.1) is 0 Å². The molecule has 0 amide bonds. The van der Waals surface area contributed by atoms with Gasteiger partial charge in [-0.25, -0.2) is 4.79 Å². The number of likely N-dealkylation sites (N-methyl/N-ethyl adjacent to an activating group) is 1. The second-order valence-corrected chi connectivity index (χ2v) is 3.51. The summed E-state index contributed by atoms with van der Waals surface area (Å²) < 4.78 is 0. The van der Waals surface area contributed by atoms with Gasteiger partial charge in [-0.1, -0.05) is 6.07 Å². The first-order valence-corrected chi connectivity index (χ1v) is 5.09. The smallest absolute Gasteiger partial charge is 0.337 e. The molecule has 0 unspecified atom stereocenters. The molecule has 4 heteroatoms. The number of nitrogens with zero attached hydrogens (tertiary/aromatic N) is 1. The third-order valence-electron chi connectivity index (χ3n) is 2.66. The lowest BCUT2D eigenvalue weighted by Gasteiger charge is -2.32. The molecule has 2 rings (SSSR count). The standard InChI is InChI=1S/C11H14N2O2/c1-2-13-7-6-12-9-5-3-4-8(10(9)13)11(14)15/h3-5,12H,2,6-7H2,1H3,(H,14,15). The quantitative estimate of drug-likeness (QED) is 0.772. The van der Waals surface area contributed by atoms with Crippen molar-refractivity contribution in [2.24, 2.45) is 0 Å². The number of carboxylic acid groups (broad SMARTS) is 1. The van der Waals surface area contributed by atoms with Crippen LogP contribution in [0.15, 0.2) is 18.2 Å². The van der Waals surface area contributed by atoms with Crippen LogP contribution in [0.3, 0.4) is 0 Å². The molecule has 4 nitrogen and oxygen atoms in total. The minimum atomic E-state index is -0.867. The highest BCUT2D eigenvalue weighted by Crippen LogP contribution is 2.32. The largest absolute Gasteiger partial charge is 0.478 e. The molecule has 2 N–H and O–H groups in total. The molecule has 1 aromatic carbocycles. The van der Waals surface area contributed by atoms with Crippen molar-refractivity contribution in [1.29, 1.82) is 0 Å². The molecule has 1 aromatic rings. The van der Waals surface area contributed by atoms with Gasteiger partial charge in [0.15, 0.2) is 0 Å². The SMILES string of the molecule is CCN1CCNc2cccc(C(=O)O)c21. The van der Waals surface area contributed by atoms with E-state index < -0.39 is 5.97 Å². The summed E-state index contributed by atoms with van der Waals surface area (Å²) in [5.74, 6) is -0.867. The second kappa shape index (κ2) is 3.81. The van der Waals surface area contributed by atoms with Crippen molar-refractivity contribution in [2.75, 3.05) is 29.9 Å². The van der Waals surface area contributed by atoms with Crippen LogP contribution in [-0.2, 0) is 0 Å². The average molecular weight is 206 g/mol. The molecule has 0 bridgehead atoms. The monoisotopic (exact) mass is 206 g/mol. The maximum absolute atomic E-state index is 11.1. The molecule has 0 atom stereocenters. The van der Waals surface area contributed by atoms with Gasteiger partial charge in [0.25, 0.3) is 0 Å². The lowest BCUT2D eigenvalue weighted by molar-refractivity contribution is 0.0697. The number of hydrogen-bond acceptors (Lipinski definition) is 3. The van der Waals surface area contributed by atoms with Gasteiger partial charge in [0.2, 0.25) is 0 Å². The van der Waals surface area contributed by atoms with Crippen molar-refractivity contribution in [3.63, 3.8) is 0 Å². The number of carbonyl (C=O) groups is 1. The van der Waals surface area contributed by atoms with Gasteiger partial charge in [-0.05, 0) is 19.1 Å². The number of carboxylic acids is 1. The van der Waals surface area contributed by atoms with Crippen LogP contribution in [0.2, 0.25) is 0 Å². The van der Waals surface area contributed by atoms with E-state index >= 15 is 0 Å². The molecular formula is C11H14N2O2. The Balaban J connectivity index is 2.54. The fourth-order valence-corrected chi connectivity index (χ4v) is 1.95. The molecule has 0 saturated carbocycles. The highest BCUT2D eigenvalue weighted by atomic mass is 16.4. The molecule has 1 aliphatic heterocycles. The van der Waals surface area contributed by atoms with Crippen LogP contribution in [0.5, 0.6) is 0 Å². The van der Waals surface area contributed by atoms with Gasteiger partial charge < -0.3 is 15.3 Å². The van der Waals surface area contributed by atoms with Crippen LogP contribution in [0.4, 0.5) is 11.4 Å². The highest BCUT2D eigenvalue weighted by molar-refractivity contribution is 5.98. The predicted molar refractivity (Wildman–Crippen MR) is 59.8 cm³/mol. The van der Waals surface area contributed by atoms with Crippen LogP contribution < -0.4 is 10.2 Å². The molecule has 0 aliphatic carbocycles. The van der Waals surface area contributed by atoms with Crippen molar-refractivity contribution in [3.8, 4) is 0 Å². The molecular weight excluding hydrogens is 192 g/mol. The van der Waals surface area contributed by atoms with E-state index in [1.807, 2.05) is 13.0 Å². The van der Waals surface area contributed by atoms with Crippen molar-refractivity contribution < 1.29 is 9.90 Å². The lowest BCUT2D eigenvalue weighted by Crippen LogP contribution is -2.35. The number of benzene rings is 1. The van der Waals surface area contributed by atoms with E-state index in [9.17, 15) is 4.79 Å². The van der Waals surface area contributed by atoms with E-state index in [1.54, 1.807) is 12.1 Å². The van der Waals surface area contributed by atoms with Crippen LogP contribution in [0, 0.1) is 0 Å². The second-order valence-electron chi connectivity index (χ2n) is 3.51. The lowest BCUT2D eigenvalue weighted by atomic mass is 10.1. The number of aromatic carboxylic acids is 1. The number of rotatable bonds is 2. The first kappa shape index (κ1) is 9.83. The van der Waals surface area contributed by atoms with Crippen molar-refractivity contribution in [3.05, 3.63) is 23.8 Å². The minimum Gasteiger partial charge on any atom is -0.478 e. The van der Waals surface area contributed by atoms with E-state index in [1.165, 1.54) is 0 Å². The van der Waals surface area contributed by atoms with E-state index in [0.29, 0.717) is 5.56 Å². The van der Waals surface area contributed by atoms with Gasteiger partial charge in [0, 0.05) is 19.6 Å². The third-order valence-corrected chi connectivity index (χ3v) is 2.66. The molecule has 0 aromatic heterocycles. The average Bonchev–Trinajstić information content (AvgIpc) is 2.27. The number of fused-ring (bicyclic) bond motifs is 1. The normalized spacial score (nSPS) is 14.3. The Kier molecular flexibility index (Phi) is 2.49. The summed E-state index contributed by atoms with van der Waals surface area (Å²) in [6.07, 6.45) is 0. The Hall–Kier alpha value is -1.71. The van der Waals surface area contributed by atoms with Gasteiger partial charge in [0.1, 0.15) is 0 Å². The Morgan fingerprint density at radius 3 is 3.07 bits per heavy atom. The summed E-state index contributed by atoms with van der Waals surface area (Å²) in [7, 11) is 0. The van der Waals surface area contributed by atoms with Crippen molar-refractivity contribution in [2.45, 2.75) is 6.92 Å². The Morgan fingerprint density at radius 2 is 2.40 bits per heavy atom. The van der Waals surface area contributed by atoms with E-state index in [2.05, 4.69) is 10.2 Å². The van der Waals surface area contributed by atoms with Gasteiger partial charge in [-0.2, -0.15) is 0 Å². The molecule has 1 heterocycles. The summed E-state index contributed by atoms with van der Waals surface area (Å²) in [6, 6.07) is 5.34. The topological polar surface area (TPSA) is 52.6 Å². The fraction of sp³-hybridized carbons (Fsp3) is 0.364. The Bertz CT molecular complexity index is 390. The Morgan fingerprint density at radius 1 is 1.60 bits per heavy atom. The van der Waals surface area contributed by atoms with Crippen LogP contribution in [0.1, 0.15) is 17.3 Å². The zero-order chi connectivity index (χ0) is 10.8. The summed E-state index contributed by atoms with van der Waals surface area (Å²) in [5.41, 5.74) is 2.11. The van der Waals surface area contributed by atoms with Crippen molar-refractivity contribution >= 4 is 17.3 Å². The molecule has 0 spiro atoms. The zero-order valence-corrected chi connectivity index (χ0v) is 8.66. The summed E-state index contributed by atoms with van der Waals surface area (Å²) in [5, 5.41) is 12.3. The molecule has 0 radical (unpaired) electrons. The van der Waals surface area contributed by atoms with Crippen LogP contribution in [-0.4, -0.2) is 30.7 Å². The van der Waals surface area contributed by atoms with Crippen LogP contribution >= 0.6 is 0 Å². The summed E-state index contributed by atoms with van der Waals surface area (Å²) in [6.45, 7) is 4.59. The number of hydrogen-bond donors (Lipinski definition) is 2. The maximum Gasteiger partial charge on any atom is 0.337 e. The zero-order valence-electron chi connectivity index (χ0n) is 8.66. The van der Waals surface area contributed by atoms with E-state index in [-0.39, 0.29) is 0 Å². The highest BCUT2D eigenvalue weighted by Gasteiger charge is 2.21. The molecule has 1 aliphatic rings. The molecule has 15 heavy (non-hydrogen) atoms. The first-order chi connectivity index (χ1) is 7.24. The van der Waals surface area contributed by atoms with Gasteiger partial charge in [-0.3, -0.25) is 0 Å². The third kappa shape index (κ3) is 1.63. The maximum atomic E-state index is 11.1. The van der Waals surface area contributed by atoms with Gasteiger partial charge >= 0.3 is 5.97 Å². The number of para-hydroxylation sites is 1. The van der Waals surface area contributed by atoms with Gasteiger partial charge in [0.05, 0.1) is 16.9 Å². The predicted octanol–water partition coefficient (Wildman–Crippen LogP) is 1.64. The molecule has 80 valence electrons. The van der Waals surface area contributed by atoms with Crippen molar-refractivity contribution in [1.82, 2.24) is 0 Å². The fourth-order valence-electron chi connectivity index (χ4n) is 1.95. The summed E-state index contributed by atoms with van der Waals surface area (Å²) in [4.78, 5) is 13.2.